The van der Waals surface area contributed by atoms with Crippen LogP contribution in [-0.4, -0.2) is 58.8 Å². The molecule has 0 bridgehead atoms. The Labute approximate surface area is 218 Å². The van der Waals surface area contributed by atoms with E-state index < -0.39 is 5.60 Å². The van der Waals surface area contributed by atoms with Gasteiger partial charge in [0.1, 0.15) is 19.0 Å². The van der Waals surface area contributed by atoms with Crippen molar-refractivity contribution in [1.29, 1.82) is 0 Å². The Balaban J connectivity index is 1.29. The van der Waals surface area contributed by atoms with E-state index in [1.54, 1.807) is 7.11 Å². The third-order valence-corrected chi connectivity index (χ3v) is 6.88. The molecular weight excluding hydrogens is 478 g/mol. The number of rotatable bonds is 10. The highest BCUT2D eigenvalue weighted by molar-refractivity contribution is 6.32. The summed E-state index contributed by atoms with van der Waals surface area (Å²) in [5, 5.41) is 16.1. The summed E-state index contributed by atoms with van der Waals surface area (Å²) in [6, 6.07) is 11.8. The molecule has 3 aromatic rings. The number of ether oxygens (including phenoxy) is 3. The smallest absolute Gasteiger partial charge is 0.161 e. The standard InChI is InChI=1S/C28H36ClN3O4/c1-21-5-7-24(29)26(15-21)36-20-28(33)9-4-11-31(12-10-28)19-23-6-8-25(27(16-23)34-3)35-14-13-32-18-22(2)17-30-32/h5-8,15-18,33H,4,9-14,19-20H2,1-3H3. The number of hydrogen-bond donors (Lipinski definition) is 1. The van der Waals surface area contributed by atoms with Crippen molar-refractivity contribution in [3.8, 4) is 17.2 Å². The second-order valence-corrected chi connectivity index (χ2v) is 10.1. The lowest BCUT2D eigenvalue weighted by molar-refractivity contribution is -0.0168. The second kappa shape index (κ2) is 12.0. The largest absolute Gasteiger partial charge is 0.493 e. The van der Waals surface area contributed by atoms with Gasteiger partial charge in [-0.1, -0.05) is 23.7 Å². The molecule has 0 spiro atoms. The Morgan fingerprint density at radius 2 is 1.86 bits per heavy atom. The zero-order chi connectivity index (χ0) is 25.5. The summed E-state index contributed by atoms with van der Waals surface area (Å²) in [5.74, 6) is 2.07. The molecule has 1 saturated heterocycles. The zero-order valence-electron chi connectivity index (χ0n) is 21.4. The first-order chi connectivity index (χ1) is 17.3. The topological polar surface area (TPSA) is 69.0 Å². The fourth-order valence-corrected chi connectivity index (χ4v) is 4.67. The SMILES string of the molecule is COc1cc(CN2CCCC(O)(COc3cc(C)ccc3Cl)CC2)ccc1OCCn1cc(C)cn1. The molecule has 1 unspecified atom stereocenters. The van der Waals surface area contributed by atoms with Gasteiger partial charge >= 0.3 is 0 Å². The minimum Gasteiger partial charge on any atom is -0.493 e. The van der Waals surface area contributed by atoms with Gasteiger partial charge in [-0.25, -0.2) is 0 Å². The predicted octanol–water partition coefficient (Wildman–Crippen LogP) is 5.04. The second-order valence-electron chi connectivity index (χ2n) is 9.69. The van der Waals surface area contributed by atoms with E-state index in [9.17, 15) is 5.11 Å². The molecule has 8 heteroatoms. The molecule has 1 aliphatic heterocycles. The van der Waals surface area contributed by atoms with Crippen molar-refractivity contribution in [2.75, 3.05) is 33.4 Å². The Morgan fingerprint density at radius 1 is 1.00 bits per heavy atom. The first kappa shape index (κ1) is 26.3. The first-order valence-corrected chi connectivity index (χ1v) is 12.8. The molecule has 1 aromatic heterocycles. The monoisotopic (exact) mass is 513 g/mol. The minimum atomic E-state index is -0.871. The fourth-order valence-electron chi connectivity index (χ4n) is 4.50. The van der Waals surface area contributed by atoms with Gasteiger partial charge in [-0.3, -0.25) is 9.58 Å². The van der Waals surface area contributed by atoms with E-state index in [0.29, 0.717) is 36.8 Å². The van der Waals surface area contributed by atoms with E-state index in [4.69, 9.17) is 25.8 Å². The highest BCUT2D eigenvalue weighted by Crippen LogP contribution is 2.31. The van der Waals surface area contributed by atoms with Crippen molar-refractivity contribution in [3.63, 3.8) is 0 Å². The maximum Gasteiger partial charge on any atom is 0.161 e. The summed E-state index contributed by atoms with van der Waals surface area (Å²) in [6.45, 7) is 7.92. The average Bonchev–Trinajstić information content (AvgIpc) is 3.19. The van der Waals surface area contributed by atoms with Gasteiger partial charge in [0, 0.05) is 19.3 Å². The van der Waals surface area contributed by atoms with Crippen LogP contribution in [0.15, 0.2) is 48.8 Å². The van der Waals surface area contributed by atoms with Crippen LogP contribution < -0.4 is 14.2 Å². The van der Waals surface area contributed by atoms with Crippen LogP contribution in [0.3, 0.4) is 0 Å². The van der Waals surface area contributed by atoms with Crippen LogP contribution in [0.2, 0.25) is 5.02 Å². The fraction of sp³-hybridized carbons (Fsp3) is 0.464. The molecule has 2 aromatic carbocycles. The number of aromatic nitrogens is 2. The molecule has 7 nitrogen and oxygen atoms in total. The zero-order valence-corrected chi connectivity index (χ0v) is 22.1. The number of hydrogen-bond acceptors (Lipinski definition) is 6. The highest BCUT2D eigenvalue weighted by Gasteiger charge is 2.31. The number of halogens is 1. The van der Waals surface area contributed by atoms with Crippen LogP contribution in [-0.2, 0) is 13.1 Å². The molecule has 1 fully saturated rings. The Hall–Kier alpha value is -2.74. The van der Waals surface area contributed by atoms with Gasteiger partial charge < -0.3 is 19.3 Å². The summed E-state index contributed by atoms with van der Waals surface area (Å²) in [6.07, 6.45) is 6.06. The molecule has 1 atom stereocenters. The van der Waals surface area contributed by atoms with Crippen LogP contribution in [0.5, 0.6) is 17.2 Å². The molecule has 0 saturated carbocycles. The van der Waals surface area contributed by atoms with Crippen molar-refractivity contribution >= 4 is 11.6 Å². The lowest BCUT2D eigenvalue weighted by atomic mass is 9.96. The van der Waals surface area contributed by atoms with Crippen LogP contribution >= 0.6 is 11.6 Å². The third kappa shape index (κ3) is 7.15. The number of benzene rings is 2. The molecule has 1 aliphatic rings. The predicted molar refractivity (Wildman–Crippen MR) is 141 cm³/mol. The number of aliphatic hydroxyl groups is 1. The molecule has 2 heterocycles. The molecule has 1 N–H and O–H groups in total. The van der Waals surface area contributed by atoms with Crippen LogP contribution in [0.4, 0.5) is 0 Å². The molecule has 194 valence electrons. The number of methoxy groups -OCH3 is 1. The van der Waals surface area contributed by atoms with E-state index >= 15 is 0 Å². The lowest BCUT2D eigenvalue weighted by Gasteiger charge is -2.27. The van der Waals surface area contributed by atoms with Gasteiger partial charge in [0.25, 0.3) is 0 Å². The maximum absolute atomic E-state index is 11.2. The molecular formula is C28H36ClN3O4. The van der Waals surface area contributed by atoms with Gasteiger partial charge in [-0.05, 0) is 80.6 Å². The Bertz CT molecular complexity index is 1150. The summed E-state index contributed by atoms with van der Waals surface area (Å²) < 4.78 is 19.4. The molecule has 36 heavy (non-hydrogen) atoms. The normalized spacial score (nSPS) is 18.6. The maximum atomic E-state index is 11.2. The van der Waals surface area contributed by atoms with Crippen LogP contribution in [0.1, 0.15) is 36.0 Å². The van der Waals surface area contributed by atoms with Crippen molar-refractivity contribution in [2.24, 2.45) is 0 Å². The number of aryl methyl sites for hydroxylation is 2. The van der Waals surface area contributed by atoms with E-state index in [1.807, 2.05) is 61.3 Å². The van der Waals surface area contributed by atoms with Crippen molar-refractivity contribution in [1.82, 2.24) is 14.7 Å². The van der Waals surface area contributed by atoms with Gasteiger partial charge in [0.15, 0.2) is 11.5 Å². The first-order valence-electron chi connectivity index (χ1n) is 12.5. The van der Waals surface area contributed by atoms with Gasteiger partial charge in [-0.15, -0.1) is 0 Å². The van der Waals surface area contributed by atoms with Crippen LogP contribution in [0, 0.1) is 13.8 Å². The average molecular weight is 514 g/mol. The van der Waals surface area contributed by atoms with E-state index in [-0.39, 0.29) is 6.61 Å². The molecule has 4 rings (SSSR count). The minimum absolute atomic E-state index is 0.238. The summed E-state index contributed by atoms with van der Waals surface area (Å²) >= 11 is 6.26. The van der Waals surface area contributed by atoms with Gasteiger partial charge in [-0.2, -0.15) is 5.10 Å². The Kier molecular flexibility index (Phi) is 8.77. The summed E-state index contributed by atoms with van der Waals surface area (Å²) in [5.41, 5.74) is 2.49. The van der Waals surface area contributed by atoms with E-state index in [2.05, 4.69) is 16.1 Å². The molecule has 0 amide bonds. The third-order valence-electron chi connectivity index (χ3n) is 6.57. The highest BCUT2D eigenvalue weighted by atomic mass is 35.5. The summed E-state index contributed by atoms with van der Waals surface area (Å²) in [7, 11) is 1.66. The lowest BCUT2D eigenvalue weighted by Crippen LogP contribution is -2.37. The van der Waals surface area contributed by atoms with Crippen LogP contribution in [0.25, 0.3) is 0 Å². The van der Waals surface area contributed by atoms with E-state index in [1.165, 1.54) is 0 Å². The molecule has 0 radical (unpaired) electrons. The van der Waals surface area contributed by atoms with Gasteiger partial charge in [0.05, 0.1) is 30.5 Å². The molecule has 0 aliphatic carbocycles. The van der Waals surface area contributed by atoms with Gasteiger partial charge in [0.2, 0.25) is 0 Å². The van der Waals surface area contributed by atoms with Crippen molar-refractivity contribution in [3.05, 3.63) is 70.5 Å². The van der Waals surface area contributed by atoms with Crippen molar-refractivity contribution in [2.45, 2.75) is 51.8 Å². The quantitative estimate of drug-likeness (QED) is 0.410. The van der Waals surface area contributed by atoms with Crippen molar-refractivity contribution < 1.29 is 19.3 Å². The van der Waals surface area contributed by atoms with E-state index in [0.717, 1.165) is 54.2 Å². The Morgan fingerprint density at radius 3 is 2.64 bits per heavy atom. The number of likely N-dealkylation sites (tertiary alicyclic amines) is 1. The summed E-state index contributed by atoms with van der Waals surface area (Å²) in [4.78, 5) is 2.37. The number of nitrogens with zero attached hydrogens (tertiary/aromatic N) is 3.